The van der Waals surface area contributed by atoms with Crippen LogP contribution in [0.15, 0.2) is 85.2 Å². The molecule has 31 heavy (non-hydrogen) atoms. The van der Waals surface area contributed by atoms with E-state index in [9.17, 15) is 9.50 Å². The van der Waals surface area contributed by atoms with Gasteiger partial charge in [-0.05, 0) is 29.3 Å². The Morgan fingerprint density at radius 1 is 0.903 bits per heavy atom. The van der Waals surface area contributed by atoms with Crippen LogP contribution in [0.25, 0.3) is 22.4 Å². The van der Waals surface area contributed by atoms with E-state index < -0.39 is 11.9 Å². The van der Waals surface area contributed by atoms with Crippen molar-refractivity contribution in [2.75, 3.05) is 17.7 Å². The SMILES string of the molecule is Nc1cnc(-c2ccc(-c3ccccc3NNCC(O)c3ccccc3)cc2F)cn1. The predicted octanol–water partition coefficient (Wildman–Crippen LogP) is 4.18. The molecule has 6 nitrogen and oxygen atoms in total. The highest BCUT2D eigenvalue weighted by Gasteiger charge is 2.12. The molecule has 0 aliphatic carbocycles. The first kappa shape index (κ1) is 20.5. The number of benzene rings is 3. The summed E-state index contributed by atoms with van der Waals surface area (Å²) in [5.74, 6) is -0.121. The average Bonchev–Trinajstić information content (AvgIpc) is 2.80. The standard InChI is InChI=1S/C24H22FN5O/c25-20-12-17(10-11-19(20)22-13-28-24(26)15-27-22)18-8-4-5-9-21(18)30-29-14-23(31)16-6-2-1-3-7-16/h1-13,15,23,29-31H,14H2,(H2,26,28). The maximum atomic E-state index is 14.8. The third-order valence-electron chi connectivity index (χ3n) is 4.86. The van der Waals surface area contributed by atoms with E-state index in [4.69, 9.17) is 5.73 Å². The summed E-state index contributed by atoms with van der Waals surface area (Å²) in [4.78, 5) is 8.11. The van der Waals surface area contributed by atoms with Crippen LogP contribution in [-0.4, -0.2) is 21.6 Å². The van der Waals surface area contributed by atoms with Crippen LogP contribution in [0.5, 0.6) is 0 Å². The van der Waals surface area contributed by atoms with E-state index in [1.165, 1.54) is 18.5 Å². The first-order valence-electron chi connectivity index (χ1n) is 9.80. The summed E-state index contributed by atoms with van der Waals surface area (Å²) in [6.45, 7) is 0.307. The van der Waals surface area contributed by atoms with Crippen molar-refractivity contribution in [3.8, 4) is 22.4 Å². The molecule has 0 aliphatic heterocycles. The smallest absolute Gasteiger partial charge is 0.141 e. The minimum absolute atomic E-state index is 0.283. The molecule has 0 bridgehead atoms. The highest BCUT2D eigenvalue weighted by molar-refractivity contribution is 5.79. The number of hydrazine groups is 1. The molecule has 0 amide bonds. The highest BCUT2D eigenvalue weighted by Crippen LogP contribution is 2.31. The van der Waals surface area contributed by atoms with E-state index in [1.807, 2.05) is 60.7 Å². The van der Waals surface area contributed by atoms with Gasteiger partial charge in [0.2, 0.25) is 0 Å². The molecule has 0 saturated heterocycles. The lowest BCUT2D eigenvalue weighted by molar-refractivity contribution is 0.177. The number of halogens is 1. The lowest BCUT2D eigenvalue weighted by Gasteiger charge is -2.16. The first-order valence-corrected chi connectivity index (χ1v) is 9.80. The molecule has 0 radical (unpaired) electrons. The second-order valence-corrected chi connectivity index (χ2v) is 7.00. The van der Waals surface area contributed by atoms with Crippen molar-refractivity contribution in [1.29, 1.82) is 0 Å². The van der Waals surface area contributed by atoms with Gasteiger partial charge in [-0.2, -0.15) is 0 Å². The Hall–Kier alpha value is -3.81. The van der Waals surface area contributed by atoms with Gasteiger partial charge in [0.25, 0.3) is 0 Å². The molecule has 4 aromatic rings. The van der Waals surface area contributed by atoms with Crippen molar-refractivity contribution in [3.63, 3.8) is 0 Å². The first-order chi connectivity index (χ1) is 15.1. The van der Waals surface area contributed by atoms with Crippen LogP contribution < -0.4 is 16.6 Å². The largest absolute Gasteiger partial charge is 0.387 e. The molecule has 7 heteroatoms. The summed E-state index contributed by atoms with van der Waals surface area (Å²) >= 11 is 0. The van der Waals surface area contributed by atoms with Crippen LogP contribution >= 0.6 is 0 Å². The van der Waals surface area contributed by atoms with Crippen LogP contribution in [0.4, 0.5) is 15.9 Å². The average molecular weight is 415 g/mol. The summed E-state index contributed by atoms with van der Waals surface area (Å²) < 4.78 is 14.8. The Bertz CT molecular complexity index is 1150. The fourth-order valence-electron chi connectivity index (χ4n) is 3.25. The summed E-state index contributed by atoms with van der Waals surface area (Å²) in [6.07, 6.45) is 2.20. The van der Waals surface area contributed by atoms with Gasteiger partial charge in [0.1, 0.15) is 11.6 Å². The van der Waals surface area contributed by atoms with Gasteiger partial charge in [-0.25, -0.2) is 14.8 Å². The number of anilines is 2. The maximum absolute atomic E-state index is 14.8. The second-order valence-electron chi connectivity index (χ2n) is 7.00. The highest BCUT2D eigenvalue weighted by atomic mass is 19.1. The van der Waals surface area contributed by atoms with Crippen LogP contribution in [0.3, 0.4) is 0 Å². The van der Waals surface area contributed by atoms with E-state index in [0.29, 0.717) is 23.4 Å². The topological polar surface area (TPSA) is 96.1 Å². The Kier molecular flexibility index (Phi) is 6.16. The number of rotatable bonds is 7. The van der Waals surface area contributed by atoms with Gasteiger partial charge in [0.15, 0.2) is 0 Å². The number of nitrogens with zero attached hydrogens (tertiary/aromatic N) is 2. The number of hydrogen-bond acceptors (Lipinski definition) is 6. The van der Waals surface area contributed by atoms with Crippen LogP contribution in [0.2, 0.25) is 0 Å². The van der Waals surface area contributed by atoms with Gasteiger partial charge < -0.3 is 16.3 Å². The number of hydrogen-bond donors (Lipinski definition) is 4. The molecule has 1 heterocycles. The lowest BCUT2D eigenvalue weighted by atomic mass is 10.0. The Balaban J connectivity index is 1.50. The summed E-state index contributed by atoms with van der Waals surface area (Å²) in [6, 6.07) is 21.9. The van der Waals surface area contributed by atoms with Gasteiger partial charge in [-0.1, -0.05) is 54.6 Å². The zero-order chi connectivity index (χ0) is 21.6. The van der Waals surface area contributed by atoms with Crippen molar-refractivity contribution in [2.24, 2.45) is 0 Å². The normalized spacial score (nSPS) is 11.8. The lowest BCUT2D eigenvalue weighted by Crippen LogP contribution is -2.27. The van der Waals surface area contributed by atoms with Crippen molar-refractivity contribution in [3.05, 3.63) is 96.6 Å². The van der Waals surface area contributed by atoms with Crippen molar-refractivity contribution < 1.29 is 9.50 Å². The van der Waals surface area contributed by atoms with Crippen molar-refractivity contribution >= 4 is 11.5 Å². The molecular weight excluding hydrogens is 393 g/mol. The van der Waals surface area contributed by atoms with Crippen LogP contribution in [0.1, 0.15) is 11.7 Å². The molecule has 1 unspecified atom stereocenters. The maximum Gasteiger partial charge on any atom is 0.141 e. The van der Waals surface area contributed by atoms with Crippen LogP contribution in [0, 0.1) is 5.82 Å². The molecule has 1 atom stereocenters. The number of aliphatic hydroxyl groups excluding tert-OH is 1. The van der Waals surface area contributed by atoms with Gasteiger partial charge in [0.05, 0.1) is 29.9 Å². The monoisotopic (exact) mass is 415 g/mol. The van der Waals surface area contributed by atoms with Gasteiger partial charge in [0, 0.05) is 17.7 Å². The zero-order valence-electron chi connectivity index (χ0n) is 16.7. The van der Waals surface area contributed by atoms with Gasteiger partial charge >= 0.3 is 0 Å². The zero-order valence-corrected chi connectivity index (χ0v) is 16.7. The molecule has 0 fully saturated rings. The Morgan fingerprint density at radius 3 is 2.42 bits per heavy atom. The van der Waals surface area contributed by atoms with Gasteiger partial charge in [-0.15, -0.1) is 0 Å². The predicted molar refractivity (Wildman–Crippen MR) is 120 cm³/mol. The van der Waals surface area contributed by atoms with E-state index in [-0.39, 0.29) is 5.82 Å². The minimum Gasteiger partial charge on any atom is -0.387 e. The fraction of sp³-hybridized carbons (Fsp3) is 0.0833. The third-order valence-corrected chi connectivity index (χ3v) is 4.86. The summed E-state index contributed by atoms with van der Waals surface area (Å²) in [5, 5.41) is 10.3. The molecular formula is C24H22FN5O. The number of nitrogen functional groups attached to an aromatic ring is 1. The van der Waals surface area contributed by atoms with E-state index in [0.717, 1.165) is 16.8 Å². The van der Waals surface area contributed by atoms with E-state index >= 15 is 0 Å². The molecule has 156 valence electrons. The number of aliphatic hydroxyl groups is 1. The molecule has 5 N–H and O–H groups in total. The number of aromatic nitrogens is 2. The fourth-order valence-corrected chi connectivity index (χ4v) is 3.25. The van der Waals surface area contributed by atoms with Crippen molar-refractivity contribution in [2.45, 2.75) is 6.10 Å². The van der Waals surface area contributed by atoms with Gasteiger partial charge in [-0.3, -0.25) is 4.98 Å². The minimum atomic E-state index is -0.654. The number of para-hydroxylation sites is 1. The molecule has 1 aromatic heterocycles. The second kappa shape index (κ2) is 9.34. The Labute approximate surface area is 179 Å². The molecule has 3 aromatic carbocycles. The Morgan fingerprint density at radius 2 is 1.68 bits per heavy atom. The molecule has 0 spiro atoms. The van der Waals surface area contributed by atoms with Crippen LogP contribution in [-0.2, 0) is 0 Å². The third kappa shape index (κ3) is 4.85. The summed E-state index contributed by atoms with van der Waals surface area (Å²) in [7, 11) is 0. The molecule has 4 rings (SSSR count). The van der Waals surface area contributed by atoms with E-state index in [1.54, 1.807) is 6.07 Å². The quantitative estimate of drug-likeness (QED) is 0.338. The molecule has 0 saturated carbocycles. The number of nitrogens with two attached hydrogens (primary N) is 1. The summed E-state index contributed by atoms with van der Waals surface area (Å²) in [5.41, 5.74) is 15.6. The molecule has 0 aliphatic rings. The number of nitrogens with one attached hydrogen (secondary N) is 2. The van der Waals surface area contributed by atoms with Crippen molar-refractivity contribution in [1.82, 2.24) is 15.4 Å². The van der Waals surface area contributed by atoms with E-state index in [2.05, 4.69) is 20.8 Å².